The van der Waals surface area contributed by atoms with E-state index in [1.807, 2.05) is 37.3 Å². The Morgan fingerprint density at radius 2 is 2.19 bits per heavy atom. The lowest BCUT2D eigenvalue weighted by Crippen LogP contribution is -2.16. The molecule has 21 heavy (non-hydrogen) atoms. The molecule has 0 saturated heterocycles. The summed E-state index contributed by atoms with van der Waals surface area (Å²) < 4.78 is 19.8. The van der Waals surface area contributed by atoms with Crippen molar-refractivity contribution < 1.29 is 9.13 Å². The number of halogens is 1. The number of rotatable bonds is 3. The van der Waals surface area contributed by atoms with Crippen LogP contribution in [0, 0.1) is 12.7 Å². The van der Waals surface area contributed by atoms with Crippen molar-refractivity contribution in [2.75, 3.05) is 6.54 Å². The van der Waals surface area contributed by atoms with Gasteiger partial charge in [0.15, 0.2) is 11.6 Å². The van der Waals surface area contributed by atoms with Crippen LogP contribution >= 0.6 is 0 Å². The molecule has 1 aliphatic heterocycles. The topological polar surface area (TPSA) is 58.0 Å². The van der Waals surface area contributed by atoms with Crippen LogP contribution in [0.15, 0.2) is 41.5 Å². The van der Waals surface area contributed by atoms with Crippen LogP contribution in [0.25, 0.3) is 21.6 Å². The van der Waals surface area contributed by atoms with Gasteiger partial charge in [0.05, 0.1) is 6.54 Å². The first kappa shape index (κ1) is 13.5. The predicted octanol–water partition coefficient (Wildman–Crippen LogP) is 4.41. The van der Waals surface area contributed by atoms with Gasteiger partial charge < -0.3 is 4.74 Å². The number of hydrogen-bond donors (Lipinski definition) is 0. The van der Waals surface area contributed by atoms with Crippen molar-refractivity contribution in [1.29, 1.82) is 0 Å². The second kappa shape index (κ2) is 5.46. The lowest BCUT2D eigenvalue weighted by Gasteiger charge is -2.09. The molecule has 5 heteroatoms. The van der Waals surface area contributed by atoms with Gasteiger partial charge in [-0.1, -0.05) is 29.4 Å². The van der Waals surface area contributed by atoms with E-state index in [2.05, 4.69) is 10.0 Å². The summed E-state index contributed by atoms with van der Waals surface area (Å²) in [5.74, 6) is -0.0836. The van der Waals surface area contributed by atoms with E-state index in [-0.39, 0.29) is 24.2 Å². The lowest BCUT2D eigenvalue weighted by atomic mass is 9.97. The highest BCUT2D eigenvalue weighted by molar-refractivity contribution is 5.69. The highest BCUT2D eigenvalue weighted by atomic mass is 19.1. The molecule has 2 aromatic carbocycles. The fourth-order valence-electron chi connectivity index (χ4n) is 2.67. The van der Waals surface area contributed by atoms with E-state index < -0.39 is 0 Å². The van der Waals surface area contributed by atoms with Gasteiger partial charge >= 0.3 is 0 Å². The Balaban J connectivity index is 1.97. The Morgan fingerprint density at radius 1 is 1.38 bits per heavy atom. The molecule has 106 valence electrons. The van der Waals surface area contributed by atoms with Crippen LogP contribution in [0.4, 0.5) is 4.39 Å². The minimum atomic E-state index is -0.366. The second-order valence-corrected chi connectivity index (χ2v) is 5.12. The fourth-order valence-corrected chi connectivity index (χ4v) is 2.67. The molecule has 2 aromatic rings. The maximum atomic E-state index is 14.2. The molecule has 0 aromatic heterocycles. The maximum Gasteiger partial charge on any atom is 0.165 e. The van der Waals surface area contributed by atoms with Crippen molar-refractivity contribution in [2.45, 2.75) is 19.4 Å². The SMILES string of the molecule is Cc1ccccc1-c1cc(F)c2c(c1)CC(CN=[N+]=[N-])O2. The zero-order chi connectivity index (χ0) is 14.8. The molecular weight excluding hydrogens is 269 g/mol. The molecule has 0 aliphatic carbocycles. The van der Waals surface area contributed by atoms with Gasteiger partial charge in [0.25, 0.3) is 0 Å². The van der Waals surface area contributed by atoms with E-state index in [0.717, 1.165) is 22.3 Å². The number of aryl methyl sites for hydroxylation is 1. The first-order chi connectivity index (χ1) is 10.2. The molecular formula is C16H14FN3O. The van der Waals surface area contributed by atoms with E-state index in [9.17, 15) is 4.39 Å². The first-order valence-electron chi connectivity index (χ1n) is 6.75. The van der Waals surface area contributed by atoms with E-state index in [4.69, 9.17) is 10.3 Å². The molecule has 1 unspecified atom stereocenters. The van der Waals surface area contributed by atoms with Gasteiger partial charge in [-0.2, -0.15) is 0 Å². The van der Waals surface area contributed by atoms with E-state index in [1.165, 1.54) is 6.07 Å². The molecule has 1 atom stereocenters. The molecule has 4 nitrogen and oxygen atoms in total. The summed E-state index contributed by atoms with van der Waals surface area (Å²) in [7, 11) is 0. The largest absolute Gasteiger partial charge is 0.487 e. The van der Waals surface area contributed by atoms with Crippen molar-refractivity contribution in [1.82, 2.24) is 0 Å². The molecule has 3 rings (SSSR count). The third-order valence-electron chi connectivity index (χ3n) is 3.66. The highest BCUT2D eigenvalue weighted by Crippen LogP contribution is 2.36. The Morgan fingerprint density at radius 3 is 2.95 bits per heavy atom. The van der Waals surface area contributed by atoms with Gasteiger partial charge in [-0.15, -0.1) is 0 Å². The standard InChI is InChI=1S/C16H14FN3O/c1-10-4-2-3-5-14(10)11-6-12-7-13(9-19-20-18)21-16(12)15(17)8-11/h2-6,8,13H,7,9H2,1H3. The zero-order valence-corrected chi connectivity index (χ0v) is 11.6. The summed E-state index contributed by atoms with van der Waals surface area (Å²) in [4.78, 5) is 2.71. The number of nitrogens with zero attached hydrogens (tertiary/aromatic N) is 3. The average molecular weight is 283 g/mol. The molecule has 0 fully saturated rings. The molecule has 0 amide bonds. The van der Waals surface area contributed by atoms with Crippen molar-refractivity contribution in [2.24, 2.45) is 5.11 Å². The molecule has 1 heterocycles. The van der Waals surface area contributed by atoms with Crippen LogP contribution in [-0.2, 0) is 6.42 Å². The van der Waals surface area contributed by atoms with E-state index >= 15 is 0 Å². The van der Waals surface area contributed by atoms with E-state index in [1.54, 1.807) is 0 Å². The lowest BCUT2D eigenvalue weighted by molar-refractivity contribution is 0.232. The van der Waals surface area contributed by atoms with Crippen LogP contribution in [0.5, 0.6) is 5.75 Å². The summed E-state index contributed by atoms with van der Waals surface area (Å²) >= 11 is 0. The van der Waals surface area contributed by atoms with E-state index in [0.29, 0.717) is 6.42 Å². The summed E-state index contributed by atoms with van der Waals surface area (Å²) in [5.41, 5.74) is 12.1. The van der Waals surface area contributed by atoms with Gasteiger partial charge in [0.2, 0.25) is 0 Å². The number of fused-ring (bicyclic) bond motifs is 1. The third kappa shape index (κ3) is 2.56. The van der Waals surface area contributed by atoms with Crippen molar-refractivity contribution in [3.05, 3.63) is 63.8 Å². The molecule has 1 aliphatic rings. The van der Waals surface area contributed by atoms with Crippen molar-refractivity contribution in [3.8, 4) is 16.9 Å². The van der Waals surface area contributed by atoms with Gasteiger partial charge in [-0.05, 0) is 41.3 Å². The van der Waals surface area contributed by atoms with Crippen LogP contribution < -0.4 is 4.74 Å². The minimum absolute atomic E-state index is 0.213. The Hall–Kier alpha value is -2.52. The van der Waals surface area contributed by atoms with Crippen LogP contribution in [0.2, 0.25) is 0 Å². The van der Waals surface area contributed by atoms with Crippen LogP contribution in [0.3, 0.4) is 0 Å². The van der Waals surface area contributed by atoms with Gasteiger partial charge in [0.1, 0.15) is 6.10 Å². The van der Waals surface area contributed by atoms with Crippen LogP contribution in [0.1, 0.15) is 11.1 Å². The third-order valence-corrected chi connectivity index (χ3v) is 3.66. The Kier molecular flexibility index (Phi) is 3.50. The Bertz CT molecular complexity index is 738. The molecule has 0 bridgehead atoms. The summed E-state index contributed by atoms with van der Waals surface area (Å²) in [6, 6.07) is 11.3. The highest BCUT2D eigenvalue weighted by Gasteiger charge is 2.26. The maximum absolute atomic E-state index is 14.2. The smallest absolute Gasteiger partial charge is 0.165 e. The van der Waals surface area contributed by atoms with Gasteiger partial charge in [-0.3, -0.25) is 0 Å². The number of ether oxygens (including phenoxy) is 1. The van der Waals surface area contributed by atoms with Gasteiger partial charge in [0, 0.05) is 16.9 Å². The normalized spacial score (nSPS) is 16.0. The molecule has 0 spiro atoms. The Labute approximate surface area is 121 Å². The van der Waals surface area contributed by atoms with Crippen LogP contribution in [-0.4, -0.2) is 12.6 Å². The molecule has 0 N–H and O–H groups in total. The number of benzene rings is 2. The zero-order valence-electron chi connectivity index (χ0n) is 11.6. The predicted molar refractivity (Wildman–Crippen MR) is 78.7 cm³/mol. The summed E-state index contributed by atoms with van der Waals surface area (Å²) in [6.45, 7) is 2.21. The van der Waals surface area contributed by atoms with Gasteiger partial charge in [-0.25, -0.2) is 4.39 Å². The average Bonchev–Trinajstić information content (AvgIpc) is 2.89. The second-order valence-electron chi connectivity index (χ2n) is 5.12. The first-order valence-corrected chi connectivity index (χ1v) is 6.75. The van der Waals surface area contributed by atoms with Crippen molar-refractivity contribution in [3.63, 3.8) is 0 Å². The minimum Gasteiger partial charge on any atom is -0.487 e. The summed E-state index contributed by atoms with van der Waals surface area (Å²) in [5, 5.41) is 3.49. The molecule has 0 radical (unpaired) electrons. The number of azide groups is 1. The number of hydrogen-bond acceptors (Lipinski definition) is 2. The summed E-state index contributed by atoms with van der Waals surface area (Å²) in [6.07, 6.45) is 0.280. The monoisotopic (exact) mass is 283 g/mol. The fraction of sp³-hybridized carbons (Fsp3) is 0.250. The van der Waals surface area contributed by atoms with Crippen molar-refractivity contribution >= 4 is 0 Å². The quantitative estimate of drug-likeness (QED) is 0.467. The molecule has 0 saturated carbocycles.